The minimum atomic E-state index is -0.577. The van der Waals surface area contributed by atoms with Gasteiger partial charge in [-0.05, 0) is 37.1 Å². The molecule has 2 N–H and O–H groups in total. The van der Waals surface area contributed by atoms with Crippen LogP contribution in [0.5, 0.6) is 5.75 Å². The van der Waals surface area contributed by atoms with E-state index >= 15 is 0 Å². The van der Waals surface area contributed by atoms with E-state index in [1.165, 1.54) is 6.07 Å². The zero-order valence-electron chi connectivity index (χ0n) is 13.5. The number of benzene rings is 1. The van der Waals surface area contributed by atoms with E-state index in [1.807, 2.05) is 33.8 Å². The monoisotopic (exact) mass is 305 g/mol. The molecule has 1 heterocycles. The molecule has 5 heteroatoms. The van der Waals surface area contributed by atoms with Gasteiger partial charge in [-0.1, -0.05) is 13.8 Å². The first-order valence-electron chi connectivity index (χ1n) is 7.46. The maximum atomic E-state index is 11.4. The van der Waals surface area contributed by atoms with E-state index in [9.17, 15) is 9.90 Å². The number of aliphatic hydroxyl groups excluding tert-OH is 1. The lowest BCUT2D eigenvalue weighted by Gasteiger charge is -2.16. The lowest BCUT2D eigenvalue weighted by atomic mass is 10.1. The lowest BCUT2D eigenvalue weighted by molar-refractivity contribution is 0.104. The third kappa shape index (κ3) is 4.08. The maximum Gasteiger partial charge on any atom is 0.336 e. The summed E-state index contributed by atoms with van der Waals surface area (Å²) in [7, 11) is 0. The molecule has 5 nitrogen and oxygen atoms in total. The van der Waals surface area contributed by atoms with E-state index in [0.717, 1.165) is 16.5 Å². The summed E-state index contributed by atoms with van der Waals surface area (Å²) in [5, 5.41) is 13.9. The average Bonchev–Trinajstić information content (AvgIpc) is 2.42. The summed E-state index contributed by atoms with van der Waals surface area (Å²) < 4.78 is 10.9. The molecule has 0 amide bonds. The Hall–Kier alpha value is -1.85. The van der Waals surface area contributed by atoms with Gasteiger partial charge in [-0.2, -0.15) is 0 Å². The largest absolute Gasteiger partial charge is 0.491 e. The van der Waals surface area contributed by atoms with Gasteiger partial charge in [-0.25, -0.2) is 4.79 Å². The Morgan fingerprint density at radius 2 is 1.95 bits per heavy atom. The normalized spacial score (nSPS) is 12.8. The van der Waals surface area contributed by atoms with E-state index in [2.05, 4.69) is 5.32 Å². The number of hydrogen-bond acceptors (Lipinski definition) is 5. The molecule has 0 aliphatic rings. The van der Waals surface area contributed by atoms with Crippen LogP contribution in [0.4, 0.5) is 0 Å². The zero-order valence-corrected chi connectivity index (χ0v) is 13.5. The number of aryl methyl sites for hydroxylation is 2. The molecule has 22 heavy (non-hydrogen) atoms. The third-order valence-electron chi connectivity index (χ3n) is 3.44. The smallest absolute Gasteiger partial charge is 0.336 e. The van der Waals surface area contributed by atoms with Crippen molar-refractivity contribution >= 4 is 11.0 Å². The molecule has 0 radical (unpaired) electrons. The SMILES string of the molecule is Cc1cc2oc(=O)cc(C)c2cc1OC[C@@H](O)CNC(C)C. The number of rotatable bonds is 6. The highest BCUT2D eigenvalue weighted by molar-refractivity contribution is 5.82. The molecule has 0 saturated carbocycles. The van der Waals surface area contributed by atoms with E-state index in [4.69, 9.17) is 9.15 Å². The van der Waals surface area contributed by atoms with E-state index < -0.39 is 6.10 Å². The van der Waals surface area contributed by atoms with Crippen molar-refractivity contribution in [2.45, 2.75) is 39.8 Å². The van der Waals surface area contributed by atoms with Crippen LogP contribution >= 0.6 is 0 Å². The van der Waals surface area contributed by atoms with Gasteiger partial charge in [0.25, 0.3) is 0 Å². The quantitative estimate of drug-likeness (QED) is 0.800. The van der Waals surface area contributed by atoms with Crippen LogP contribution in [0, 0.1) is 13.8 Å². The molecule has 0 aliphatic carbocycles. The summed E-state index contributed by atoms with van der Waals surface area (Å²) >= 11 is 0. The second-order valence-corrected chi connectivity index (χ2v) is 5.89. The van der Waals surface area contributed by atoms with Gasteiger partial charge in [-0.15, -0.1) is 0 Å². The zero-order chi connectivity index (χ0) is 16.3. The molecule has 0 fully saturated rings. The molecular formula is C17H23NO4. The Kier molecular flexibility index (Phi) is 5.21. The standard InChI is InChI=1S/C17H23NO4/c1-10(2)18-8-13(19)9-21-15-7-14-11(3)6-17(20)22-16(14)5-12(15)4/h5-7,10,13,18-19H,8-9H2,1-4H3/t13-/m0/s1. The van der Waals surface area contributed by atoms with Crippen LogP contribution in [-0.2, 0) is 0 Å². The van der Waals surface area contributed by atoms with Gasteiger partial charge in [-0.3, -0.25) is 0 Å². The van der Waals surface area contributed by atoms with Crippen LogP contribution < -0.4 is 15.7 Å². The predicted octanol–water partition coefficient (Wildman–Crippen LogP) is 2.15. The minimum absolute atomic E-state index is 0.210. The molecule has 120 valence electrons. The Morgan fingerprint density at radius 3 is 2.64 bits per heavy atom. The number of ether oxygens (including phenoxy) is 1. The van der Waals surface area contributed by atoms with Gasteiger partial charge < -0.3 is 19.6 Å². The first kappa shape index (κ1) is 16.5. The third-order valence-corrected chi connectivity index (χ3v) is 3.44. The number of hydrogen-bond donors (Lipinski definition) is 2. The van der Waals surface area contributed by atoms with Crippen LogP contribution in [0.25, 0.3) is 11.0 Å². The molecule has 1 aromatic heterocycles. The van der Waals surface area contributed by atoms with Gasteiger partial charge in [0.15, 0.2) is 0 Å². The summed E-state index contributed by atoms with van der Waals surface area (Å²) in [6.07, 6.45) is -0.577. The summed E-state index contributed by atoms with van der Waals surface area (Å²) in [5.74, 6) is 0.688. The van der Waals surface area contributed by atoms with Gasteiger partial charge in [0.05, 0.1) is 0 Å². The molecular weight excluding hydrogens is 282 g/mol. The Bertz CT molecular complexity index is 706. The molecule has 0 aliphatic heterocycles. The number of aliphatic hydroxyl groups is 1. The van der Waals surface area contributed by atoms with E-state index in [1.54, 1.807) is 6.07 Å². The lowest BCUT2D eigenvalue weighted by Crippen LogP contribution is -2.35. The molecule has 1 atom stereocenters. The molecule has 0 unspecified atom stereocenters. The van der Waals surface area contributed by atoms with Gasteiger partial charge in [0, 0.05) is 24.0 Å². The highest BCUT2D eigenvalue weighted by Gasteiger charge is 2.10. The van der Waals surface area contributed by atoms with Crippen LogP contribution in [0.2, 0.25) is 0 Å². The fourth-order valence-corrected chi connectivity index (χ4v) is 2.22. The maximum absolute atomic E-state index is 11.4. The Labute approximate surface area is 129 Å². The van der Waals surface area contributed by atoms with Crippen LogP contribution in [0.3, 0.4) is 0 Å². The highest BCUT2D eigenvalue weighted by Crippen LogP contribution is 2.26. The van der Waals surface area contributed by atoms with Gasteiger partial charge in [0.2, 0.25) is 0 Å². The van der Waals surface area contributed by atoms with E-state index in [-0.39, 0.29) is 12.2 Å². The number of fused-ring (bicyclic) bond motifs is 1. The summed E-state index contributed by atoms with van der Waals surface area (Å²) in [4.78, 5) is 11.4. The van der Waals surface area contributed by atoms with Gasteiger partial charge in [0.1, 0.15) is 24.0 Å². The van der Waals surface area contributed by atoms with E-state index in [0.29, 0.717) is 23.9 Å². The summed E-state index contributed by atoms with van der Waals surface area (Å²) in [5.41, 5.74) is 1.91. The van der Waals surface area contributed by atoms with Crippen molar-refractivity contribution < 1.29 is 14.3 Å². The molecule has 2 rings (SSSR count). The highest BCUT2D eigenvalue weighted by atomic mass is 16.5. The predicted molar refractivity (Wildman–Crippen MR) is 86.6 cm³/mol. The van der Waals surface area contributed by atoms with Crippen molar-refractivity contribution in [1.82, 2.24) is 5.32 Å². The molecule has 1 aromatic carbocycles. The Morgan fingerprint density at radius 1 is 1.23 bits per heavy atom. The van der Waals surface area contributed by atoms with Crippen molar-refractivity contribution in [3.63, 3.8) is 0 Å². The number of nitrogens with one attached hydrogen (secondary N) is 1. The molecule has 0 spiro atoms. The fraction of sp³-hybridized carbons (Fsp3) is 0.471. The molecule has 2 aromatic rings. The first-order chi connectivity index (χ1) is 10.4. The first-order valence-corrected chi connectivity index (χ1v) is 7.46. The summed E-state index contributed by atoms with van der Waals surface area (Å²) in [6, 6.07) is 5.43. The van der Waals surface area contributed by atoms with Crippen LogP contribution in [-0.4, -0.2) is 30.4 Å². The average molecular weight is 305 g/mol. The topological polar surface area (TPSA) is 71.7 Å². The van der Waals surface area contributed by atoms with Gasteiger partial charge >= 0.3 is 5.63 Å². The van der Waals surface area contributed by atoms with Crippen molar-refractivity contribution in [3.05, 3.63) is 39.7 Å². The van der Waals surface area contributed by atoms with Crippen molar-refractivity contribution in [2.75, 3.05) is 13.2 Å². The molecule has 0 saturated heterocycles. The minimum Gasteiger partial charge on any atom is -0.491 e. The second kappa shape index (κ2) is 6.94. The summed E-state index contributed by atoms with van der Waals surface area (Å²) in [6.45, 7) is 8.49. The molecule has 0 bridgehead atoms. The Balaban J connectivity index is 2.14. The van der Waals surface area contributed by atoms with Crippen LogP contribution in [0.1, 0.15) is 25.0 Å². The second-order valence-electron chi connectivity index (χ2n) is 5.89. The van der Waals surface area contributed by atoms with Crippen LogP contribution in [0.15, 0.2) is 27.4 Å². The van der Waals surface area contributed by atoms with Crippen molar-refractivity contribution in [2.24, 2.45) is 0 Å². The van der Waals surface area contributed by atoms with Crippen molar-refractivity contribution in [1.29, 1.82) is 0 Å². The van der Waals surface area contributed by atoms with Crippen molar-refractivity contribution in [3.8, 4) is 5.75 Å². The fourth-order valence-electron chi connectivity index (χ4n) is 2.22.